The molecule has 0 spiro atoms. The van der Waals surface area contributed by atoms with Gasteiger partial charge in [-0.2, -0.15) is 0 Å². The number of aryl methyl sites for hydroxylation is 2. The molecule has 0 aliphatic heterocycles. The Morgan fingerprint density at radius 3 is 2.59 bits per heavy atom. The number of pyridine rings is 1. The van der Waals surface area contributed by atoms with Gasteiger partial charge in [0.25, 0.3) is 5.56 Å². The first-order valence-electron chi connectivity index (χ1n) is 8.36. The number of benzene rings is 2. The smallest absolute Gasteiger partial charge is 0.251 e. The van der Waals surface area contributed by atoms with Gasteiger partial charge in [0.15, 0.2) is 0 Å². The van der Waals surface area contributed by atoms with E-state index in [4.69, 9.17) is 11.6 Å². The lowest BCUT2D eigenvalue weighted by molar-refractivity contribution is 0.103. The largest absolute Gasteiger partial charge is 0.331 e. The van der Waals surface area contributed by atoms with Gasteiger partial charge >= 0.3 is 0 Å². The molecule has 4 aromatic rings. The number of hydrogen-bond acceptors (Lipinski definition) is 3. The van der Waals surface area contributed by atoms with E-state index in [1.54, 1.807) is 60.0 Å². The highest BCUT2D eigenvalue weighted by molar-refractivity contribution is 6.30. The molecule has 27 heavy (non-hydrogen) atoms. The molecule has 5 nitrogen and oxygen atoms in total. The number of carbonyl (C=O) groups is 1. The van der Waals surface area contributed by atoms with Crippen LogP contribution in [0.5, 0.6) is 0 Å². The minimum Gasteiger partial charge on any atom is -0.331 e. The lowest BCUT2D eigenvalue weighted by atomic mass is 9.98. The van der Waals surface area contributed by atoms with Crippen molar-refractivity contribution in [2.24, 2.45) is 14.1 Å². The summed E-state index contributed by atoms with van der Waals surface area (Å²) in [5, 5.41) is 1.40. The molecule has 2 aromatic carbocycles. The molecule has 0 aliphatic carbocycles. The highest BCUT2D eigenvalue weighted by atomic mass is 35.5. The van der Waals surface area contributed by atoms with Gasteiger partial charge < -0.3 is 9.13 Å². The predicted molar refractivity (Wildman–Crippen MR) is 106 cm³/mol. The molecule has 0 N–H and O–H groups in total. The van der Waals surface area contributed by atoms with Gasteiger partial charge in [0, 0.05) is 36.1 Å². The number of fused-ring (bicyclic) bond motifs is 1. The highest BCUT2D eigenvalue weighted by Crippen LogP contribution is 2.30. The molecular formula is C21H16ClN3O2. The van der Waals surface area contributed by atoms with E-state index in [1.165, 1.54) is 0 Å². The van der Waals surface area contributed by atoms with E-state index in [0.717, 1.165) is 22.0 Å². The van der Waals surface area contributed by atoms with Crippen LogP contribution in [-0.4, -0.2) is 19.9 Å². The number of nitrogens with zero attached hydrogens (tertiary/aromatic N) is 3. The van der Waals surface area contributed by atoms with Gasteiger partial charge in [-0.3, -0.25) is 9.59 Å². The van der Waals surface area contributed by atoms with Gasteiger partial charge in [0.2, 0.25) is 5.78 Å². The third-order valence-electron chi connectivity index (χ3n) is 4.69. The summed E-state index contributed by atoms with van der Waals surface area (Å²) in [5.74, 6) is -0.122. The van der Waals surface area contributed by atoms with E-state index in [2.05, 4.69) is 4.98 Å². The average Bonchev–Trinajstić information content (AvgIpc) is 3.09. The second-order valence-corrected chi connectivity index (χ2v) is 6.85. The van der Waals surface area contributed by atoms with Crippen molar-refractivity contribution in [3.63, 3.8) is 0 Å². The van der Waals surface area contributed by atoms with Crippen LogP contribution in [0.25, 0.3) is 22.0 Å². The Bertz CT molecular complexity index is 1250. The topological polar surface area (TPSA) is 56.9 Å². The minimum absolute atomic E-state index is 0.122. The highest BCUT2D eigenvalue weighted by Gasteiger charge is 2.16. The molecule has 0 atom stereocenters. The van der Waals surface area contributed by atoms with E-state index in [9.17, 15) is 9.59 Å². The molecule has 0 amide bonds. The van der Waals surface area contributed by atoms with Gasteiger partial charge in [-0.15, -0.1) is 0 Å². The lowest BCUT2D eigenvalue weighted by Gasteiger charge is -2.12. The van der Waals surface area contributed by atoms with E-state index in [1.807, 2.05) is 24.3 Å². The predicted octanol–water partition coefficient (Wildman–Crippen LogP) is 3.82. The van der Waals surface area contributed by atoms with Crippen LogP contribution < -0.4 is 5.56 Å². The number of halogens is 1. The van der Waals surface area contributed by atoms with Crippen molar-refractivity contribution in [1.82, 2.24) is 14.1 Å². The first kappa shape index (κ1) is 17.2. The van der Waals surface area contributed by atoms with Gasteiger partial charge in [-0.05, 0) is 41.5 Å². The molecule has 0 radical (unpaired) electrons. The molecule has 0 saturated carbocycles. The van der Waals surface area contributed by atoms with Crippen LogP contribution in [0.4, 0.5) is 0 Å². The van der Waals surface area contributed by atoms with Crippen molar-refractivity contribution in [2.75, 3.05) is 0 Å². The van der Waals surface area contributed by atoms with Crippen molar-refractivity contribution >= 4 is 28.3 Å². The fourth-order valence-corrected chi connectivity index (χ4v) is 3.41. The summed E-state index contributed by atoms with van der Waals surface area (Å²) in [6.07, 6.45) is 3.14. The van der Waals surface area contributed by atoms with Crippen LogP contribution in [0, 0.1) is 0 Å². The molecule has 0 aliphatic rings. The van der Waals surface area contributed by atoms with E-state index in [0.29, 0.717) is 16.3 Å². The maximum Gasteiger partial charge on any atom is 0.251 e. The third kappa shape index (κ3) is 2.96. The minimum atomic E-state index is -0.122. The van der Waals surface area contributed by atoms with Crippen molar-refractivity contribution in [2.45, 2.75) is 0 Å². The van der Waals surface area contributed by atoms with Crippen molar-refractivity contribution in [3.05, 3.63) is 87.7 Å². The summed E-state index contributed by atoms with van der Waals surface area (Å²) in [4.78, 5) is 29.3. The standard InChI is InChI=1S/C21H16ClN3O2/c1-24-12-23-11-19(24)21(27)14-6-7-18-17(9-14)16(10-20(26)25(18)2)13-4-3-5-15(22)8-13/h3-12H,1-2H3. The van der Waals surface area contributed by atoms with Gasteiger partial charge in [-0.25, -0.2) is 4.98 Å². The van der Waals surface area contributed by atoms with E-state index in [-0.39, 0.29) is 11.3 Å². The maximum atomic E-state index is 12.9. The molecule has 4 rings (SSSR count). The lowest BCUT2D eigenvalue weighted by Crippen LogP contribution is -2.16. The summed E-state index contributed by atoms with van der Waals surface area (Å²) >= 11 is 6.14. The molecule has 134 valence electrons. The van der Waals surface area contributed by atoms with Crippen LogP contribution in [0.1, 0.15) is 16.1 Å². The number of hydrogen-bond donors (Lipinski definition) is 0. The summed E-state index contributed by atoms with van der Waals surface area (Å²) in [6.45, 7) is 0. The Morgan fingerprint density at radius 1 is 1.07 bits per heavy atom. The van der Waals surface area contributed by atoms with Crippen LogP contribution in [0.2, 0.25) is 5.02 Å². The molecule has 0 saturated heterocycles. The average molecular weight is 378 g/mol. The summed E-state index contributed by atoms with van der Waals surface area (Å²) in [7, 11) is 3.50. The fraction of sp³-hybridized carbons (Fsp3) is 0.0952. The Morgan fingerprint density at radius 2 is 1.89 bits per heavy atom. The Hall–Kier alpha value is -3.18. The number of rotatable bonds is 3. The summed E-state index contributed by atoms with van der Waals surface area (Å²) in [6, 6.07) is 14.3. The quantitative estimate of drug-likeness (QED) is 0.510. The first-order valence-corrected chi connectivity index (χ1v) is 8.74. The molecule has 0 unspecified atom stereocenters. The number of imidazole rings is 1. The third-order valence-corrected chi connectivity index (χ3v) is 4.93. The number of aromatic nitrogens is 3. The van der Waals surface area contributed by atoms with Gasteiger partial charge in [-0.1, -0.05) is 23.7 Å². The number of ketones is 1. The van der Waals surface area contributed by atoms with Gasteiger partial charge in [0.1, 0.15) is 5.69 Å². The molecule has 2 heterocycles. The Kier molecular flexibility index (Phi) is 4.16. The zero-order valence-corrected chi connectivity index (χ0v) is 15.6. The van der Waals surface area contributed by atoms with E-state index < -0.39 is 0 Å². The van der Waals surface area contributed by atoms with Crippen LogP contribution >= 0.6 is 11.6 Å². The molecule has 6 heteroatoms. The zero-order valence-electron chi connectivity index (χ0n) is 14.8. The van der Waals surface area contributed by atoms with Crippen LogP contribution in [-0.2, 0) is 14.1 Å². The Balaban J connectivity index is 1.98. The monoisotopic (exact) mass is 377 g/mol. The van der Waals surface area contributed by atoms with Crippen LogP contribution in [0.3, 0.4) is 0 Å². The van der Waals surface area contributed by atoms with E-state index >= 15 is 0 Å². The second-order valence-electron chi connectivity index (χ2n) is 6.42. The molecule has 0 fully saturated rings. The maximum absolute atomic E-state index is 12.9. The van der Waals surface area contributed by atoms with Crippen molar-refractivity contribution in [3.8, 4) is 11.1 Å². The molecular weight excluding hydrogens is 362 g/mol. The summed E-state index contributed by atoms with van der Waals surface area (Å²) < 4.78 is 3.26. The Labute approximate surface area is 160 Å². The van der Waals surface area contributed by atoms with Crippen molar-refractivity contribution in [1.29, 1.82) is 0 Å². The molecule has 0 bridgehead atoms. The first-order chi connectivity index (χ1) is 13.0. The normalized spacial score (nSPS) is 11.1. The van der Waals surface area contributed by atoms with Crippen molar-refractivity contribution < 1.29 is 4.79 Å². The van der Waals surface area contributed by atoms with Gasteiger partial charge in [0.05, 0.1) is 18.0 Å². The second kappa shape index (κ2) is 6.52. The zero-order chi connectivity index (χ0) is 19.1. The SMILES string of the molecule is Cn1cncc1C(=O)c1ccc2c(c1)c(-c1cccc(Cl)c1)cc(=O)n2C. The summed E-state index contributed by atoms with van der Waals surface area (Å²) in [5.41, 5.74) is 3.24. The molecule has 2 aromatic heterocycles. The number of carbonyl (C=O) groups excluding carboxylic acids is 1. The fourth-order valence-electron chi connectivity index (χ4n) is 3.22. The van der Waals surface area contributed by atoms with Crippen LogP contribution in [0.15, 0.2) is 65.8 Å².